The molecule has 0 aliphatic carbocycles. The summed E-state index contributed by atoms with van der Waals surface area (Å²) in [6.45, 7) is 4.37. The maximum atomic E-state index is 10.8. The summed E-state index contributed by atoms with van der Waals surface area (Å²) >= 11 is 3.66. The molecule has 0 aliphatic heterocycles. The number of non-ortho nitro benzene ring substituents is 1. The molecule has 0 saturated heterocycles. The first-order valence-corrected chi connectivity index (χ1v) is 7.31. The average Bonchev–Trinajstić information content (AvgIpc) is 2.35. The van der Waals surface area contributed by atoms with Crippen LogP contribution in [0.1, 0.15) is 32.3 Å². The van der Waals surface area contributed by atoms with Crippen molar-refractivity contribution in [2.24, 2.45) is 5.92 Å². The van der Waals surface area contributed by atoms with E-state index in [0.29, 0.717) is 10.7 Å². The Kier molecular flexibility index (Phi) is 6.28. The van der Waals surface area contributed by atoms with Crippen molar-refractivity contribution in [2.75, 3.05) is 7.11 Å². The van der Waals surface area contributed by atoms with E-state index in [9.17, 15) is 10.1 Å². The van der Waals surface area contributed by atoms with E-state index in [4.69, 9.17) is 4.74 Å². The van der Waals surface area contributed by atoms with Crippen molar-refractivity contribution in [2.45, 2.75) is 37.9 Å². The molecule has 1 unspecified atom stereocenters. The molecular weight excluding hydrogens is 310 g/mol. The Morgan fingerprint density at radius 1 is 1.42 bits per heavy atom. The second-order valence-electron chi connectivity index (χ2n) is 5.02. The van der Waals surface area contributed by atoms with E-state index >= 15 is 0 Å². The first kappa shape index (κ1) is 16.0. The molecule has 0 saturated carbocycles. The van der Waals surface area contributed by atoms with Gasteiger partial charge in [0.2, 0.25) is 0 Å². The van der Waals surface area contributed by atoms with Crippen molar-refractivity contribution in [3.63, 3.8) is 0 Å². The van der Waals surface area contributed by atoms with Crippen LogP contribution in [0.2, 0.25) is 0 Å². The summed E-state index contributed by atoms with van der Waals surface area (Å²) in [7, 11) is 1.59. The van der Waals surface area contributed by atoms with E-state index in [1.54, 1.807) is 19.2 Å². The predicted molar refractivity (Wildman–Crippen MR) is 80.1 cm³/mol. The normalized spacial score (nSPS) is 12.5. The van der Waals surface area contributed by atoms with Crippen LogP contribution in [0.15, 0.2) is 18.2 Å². The van der Waals surface area contributed by atoms with Gasteiger partial charge >= 0.3 is 0 Å². The minimum Gasteiger partial charge on any atom is -0.496 e. The minimum atomic E-state index is -0.372. The van der Waals surface area contributed by atoms with Gasteiger partial charge in [-0.3, -0.25) is 10.1 Å². The maximum absolute atomic E-state index is 10.8. The number of benzene rings is 1. The summed E-state index contributed by atoms with van der Waals surface area (Å²) in [4.78, 5) is 10.8. The lowest BCUT2D eigenvalue weighted by molar-refractivity contribution is -0.384. The lowest BCUT2D eigenvalue weighted by Gasteiger charge is -2.13. The number of rotatable bonds is 7. The van der Waals surface area contributed by atoms with Crippen molar-refractivity contribution >= 4 is 21.6 Å². The van der Waals surface area contributed by atoms with Gasteiger partial charge in [0.15, 0.2) is 0 Å². The van der Waals surface area contributed by atoms with Gasteiger partial charge in [0.25, 0.3) is 5.69 Å². The molecule has 0 N–H and O–H groups in total. The molecule has 0 aliphatic rings. The SMILES string of the molecule is COc1ccc([N+](=O)[O-])cc1CCC(Br)CC(C)C. The molecule has 5 heteroatoms. The monoisotopic (exact) mass is 329 g/mol. The number of alkyl halides is 1. The van der Waals surface area contributed by atoms with Crippen molar-refractivity contribution < 1.29 is 9.66 Å². The molecule has 0 aromatic heterocycles. The molecule has 0 heterocycles. The third-order valence-corrected chi connectivity index (χ3v) is 3.76. The molecule has 0 spiro atoms. The maximum Gasteiger partial charge on any atom is 0.269 e. The number of nitrogens with zero attached hydrogens (tertiary/aromatic N) is 1. The zero-order valence-electron chi connectivity index (χ0n) is 11.6. The van der Waals surface area contributed by atoms with Crippen LogP contribution in [0.5, 0.6) is 5.75 Å². The van der Waals surface area contributed by atoms with Crippen LogP contribution in [0.25, 0.3) is 0 Å². The Labute approximate surface area is 122 Å². The first-order valence-electron chi connectivity index (χ1n) is 6.39. The van der Waals surface area contributed by atoms with Gasteiger partial charge in [0, 0.05) is 22.5 Å². The molecule has 106 valence electrons. The molecule has 0 bridgehead atoms. The fourth-order valence-electron chi connectivity index (χ4n) is 2.02. The van der Waals surface area contributed by atoms with E-state index in [1.807, 2.05) is 0 Å². The standard InChI is InChI=1S/C14H20BrNO3/c1-10(2)8-12(15)5-4-11-9-13(16(17)18)6-7-14(11)19-3/h6-7,9-10,12H,4-5,8H2,1-3H3. The largest absolute Gasteiger partial charge is 0.496 e. The molecule has 1 aromatic carbocycles. The topological polar surface area (TPSA) is 52.4 Å². The Morgan fingerprint density at radius 2 is 2.11 bits per heavy atom. The number of methoxy groups -OCH3 is 1. The smallest absolute Gasteiger partial charge is 0.269 e. The van der Waals surface area contributed by atoms with E-state index in [1.165, 1.54) is 6.07 Å². The van der Waals surface area contributed by atoms with Gasteiger partial charge in [0.1, 0.15) is 5.75 Å². The highest BCUT2D eigenvalue weighted by atomic mass is 79.9. The molecule has 1 aromatic rings. The molecule has 0 radical (unpaired) electrons. The summed E-state index contributed by atoms with van der Waals surface area (Å²) in [6.07, 6.45) is 2.81. The molecule has 1 atom stereocenters. The number of nitro benzene ring substituents is 1. The van der Waals surface area contributed by atoms with Crippen LogP contribution >= 0.6 is 15.9 Å². The molecule has 4 nitrogen and oxygen atoms in total. The summed E-state index contributed by atoms with van der Waals surface area (Å²) in [6, 6.07) is 4.75. The van der Waals surface area contributed by atoms with Crippen molar-refractivity contribution in [3.8, 4) is 5.75 Å². The quantitative estimate of drug-likeness (QED) is 0.424. The third-order valence-electron chi connectivity index (χ3n) is 2.93. The second kappa shape index (κ2) is 7.48. The zero-order chi connectivity index (χ0) is 14.4. The van der Waals surface area contributed by atoms with Gasteiger partial charge in [-0.2, -0.15) is 0 Å². The highest BCUT2D eigenvalue weighted by Crippen LogP contribution is 2.27. The number of halogens is 1. The lowest BCUT2D eigenvalue weighted by atomic mass is 10.0. The van der Waals surface area contributed by atoms with Gasteiger partial charge in [-0.1, -0.05) is 29.8 Å². The van der Waals surface area contributed by atoms with Gasteiger partial charge in [-0.15, -0.1) is 0 Å². The van der Waals surface area contributed by atoms with Crippen LogP contribution in [-0.2, 0) is 6.42 Å². The van der Waals surface area contributed by atoms with Crippen LogP contribution in [0.4, 0.5) is 5.69 Å². The Balaban J connectivity index is 2.75. The highest BCUT2D eigenvalue weighted by molar-refractivity contribution is 9.09. The van der Waals surface area contributed by atoms with Crippen LogP contribution in [-0.4, -0.2) is 16.9 Å². The summed E-state index contributed by atoms with van der Waals surface area (Å²) < 4.78 is 5.26. The van der Waals surface area contributed by atoms with E-state index in [0.717, 1.165) is 30.6 Å². The number of hydrogen-bond acceptors (Lipinski definition) is 3. The highest BCUT2D eigenvalue weighted by Gasteiger charge is 2.13. The number of hydrogen-bond donors (Lipinski definition) is 0. The molecule has 1 rings (SSSR count). The average molecular weight is 330 g/mol. The molecule has 19 heavy (non-hydrogen) atoms. The van der Waals surface area contributed by atoms with E-state index in [-0.39, 0.29) is 10.6 Å². The van der Waals surface area contributed by atoms with Crippen molar-refractivity contribution in [3.05, 3.63) is 33.9 Å². The molecule has 0 amide bonds. The summed E-state index contributed by atoms with van der Waals surface area (Å²) in [5.41, 5.74) is 1.01. The third kappa shape index (κ3) is 5.19. The predicted octanol–water partition coefficient (Wildman–Crippen LogP) is 4.35. The van der Waals surface area contributed by atoms with E-state index in [2.05, 4.69) is 29.8 Å². The Hall–Kier alpha value is -1.10. The van der Waals surface area contributed by atoms with Crippen LogP contribution in [0.3, 0.4) is 0 Å². The van der Waals surface area contributed by atoms with Crippen LogP contribution in [0, 0.1) is 16.0 Å². The van der Waals surface area contributed by atoms with Crippen LogP contribution < -0.4 is 4.74 Å². The number of ether oxygens (including phenoxy) is 1. The lowest BCUT2D eigenvalue weighted by Crippen LogP contribution is -2.05. The second-order valence-corrected chi connectivity index (χ2v) is 6.31. The summed E-state index contributed by atoms with van der Waals surface area (Å²) in [5, 5.41) is 10.8. The van der Waals surface area contributed by atoms with Gasteiger partial charge < -0.3 is 4.74 Å². The number of aryl methyl sites for hydroxylation is 1. The zero-order valence-corrected chi connectivity index (χ0v) is 13.1. The molecular formula is C14H20BrNO3. The molecule has 0 fully saturated rings. The van der Waals surface area contributed by atoms with Gasteiger partial charge in [-0.05, 0) is 31.2 Å². The van der Waals surface area contributed by atoms with Crippen molar-refractivity contribution in [1.82, 2.24) is 0 Å². The summed E-state index contributed by atoms with van der Waals surface area (Å²) in [5.74, 6) is 1.35. The fraction of sp³-hybridized carbons (Fsp3) is 0.571. The Morgan fingerprint density at radius 3 is 2.63 bits per heavy atom. The Bertz CT molecular complexity index is 435. The fourth-order valence-corrected chi connectivity index (χ4v) is 2.99. The van der Waals surface area contributed by atoms with Gasteiger partial charge in [0.05, 0.1) is 12.0 Å². The first-order chi connectivity index (χ1) is 8.93. The number of nitro groups is 1. The van der Waals surface area contributed by atoms with Crippen molar-refractivity contribution in [1.29, 1.82) is 0 Å². The minimum absolute atomic E-state index is 0.116. The van der Waals surface area contributed by atoms with Gasteiger partial charge in [-0.25, -0.2) is 0 Å². The van der Waals surface area contributed by atoms with E-state index < -0.39 is 0 Å².